The number of H-pyrrole nitrogens is 1. The first-order chi connectivity index (χ1) is 15.8. The third-order valence-electron chi connectivity index (χ3n) is 5.54. The van der Waals surface area contributed by atoms with Gasteiger partial charge in [0.1, 0.15) is 17.9 Å². The molecule has 0 atom stereocenters. The van der Waals surface area contributed by atoms with Gasteiger partial charge in [-0.25, -0.2) is 4.79 Å². The first-order valence-electron chi connectivity index (χ1n) is 10.7. The maximum Gasteiger partial charge on any atom is 0.340 e. The maximum atomic E-state index is 12.6. The molecule has 0 fully saturated rings. The number of carbonyl (C=O) groups is 1. The van der Waals surface area contributed by atoms with E-state index in [1.165, 1.54) is 0 Å². The molecule has 0 unspecified atom stereocenters. The maximum absolute atomic E-state index is 12.6. The summed E-state index contributed by atoms with van der Waals surface area (Å²) in [4.78, 5) is 28.4. The Morgan fingerprint density at radius 2 is 2.03 bits per heavy atom. The number of hydrogen-bond acceptors (Lipinski definition) is 4. The number of fused-ring (bicyclic) bond motifs is 2. The van der Waals surface area contributed by atoms with Crippen LogP contribution in [0.5, 0.6) is 5.75 Å². The molecule has 0 spiro atoms. The van der Waals surface area contributed by atoms with Gasteiger partial charge in [0.05, 0.1) is 17.0 Å². The van der Waals surface area contributed by atoms with Crippen LogP contribution in [0, 0.1) is 6.92 Å². The molecule has 33 heavy (non-hydrogen) atoms. The highest BCUT2D eigenvalue weighted by molar-refractivity contribution is 6.32. The number of halogens is 1. The molecule has 170 valence electrons. The Labute approximate surface area is 196 Å². The van der Waals surface area contributed by atoms with Crippen LogP contribution in [0.2, 0.25) is 5.02 Å². The lowest BCUT2D eigenvalue weighted by Gasteiger charge is -2.12. The van der Waals surface area contributed by atoms with E-state index in [4.69, 9.17) is 20.8 Å². The van der Waals surface area contributed by atoms with Gasteiger partial charge in [-0.3, -0.25) is 4.79 Å². The van der Waals surface area contributed by atoms with Gasteiger partial charge in [0.2, 0.25) is 5.91 Å². The quantitative estimate of drug-likeness (QED) is 0.281. The molecule has 0 saturated heterocycles. The van der Waals surface area contributed by atoms with Gasteiger partial charge >= 0.3 is 5.63 Å². The van der Waals surface area contributed by atoms with Crippen molar-refractivity contribution >= 4 is 39.4 Å². The van der Waals surface area contributed by atoms with Gasteiger partial charge in [0, 0.05) is 35.1 Å². The van der Waals surface area contributed by atoms with Crippen LogP contribution < -0.4 is 15.7 Å². The zero-order chi connectivity index (χ0) is 23.5. The number of carbonyl (C=O) groups excluding carboxylic acids is 1. The minimum absolute atomic E-state index is 0.0660. The van der Waals surface area contributed by atoms with Gasteiger partial charge < -0.3 is 19.5 Å². The lowest BCUT2D eigenvalue weighted by atomic mass is 10.0. The summed E-state index contributed by atoms with van der Waals surface area (Å²) in [5.74, 6) is 0.176. The molecule has 2 aromatic heterocycles. The van der Waals surface area contributed by atoms with Gasteiger partial charge in [0.15, 0.2) is 0 Å². The fourth-order valence-electron chi connectivity index (χ4n) is 3.80. The summed E-state index contributed by atoms with van der Waals surface area (Å²) in [5.41, 5.74) is 3.85. The van der Waals surface area contributed by atoms with Gasteiger partial charge in [-0.2, -0.15) is 0 Å². The zero-order valence-corrected chi connectivity index (χ0v) is 19.3. The number of nitrogens with one attached hydrogen (secondary N) is 2. The van der Waals surface area contributed by atoms with Crippen LogP contribution in [0.4, 0.5) is 0 Å². The molecular weight excluding hydrogens is 440 g/mol. The van der Waals surface area contributed by atoms with Crippen LogP contribution in [0.25, 0.3) is 21.9 Å². The third-order valence-corrected chi connectivity index (χ3v) is 5.84. The van der Waals surface area contributed by atoms with Crippen molar-refractivity contribution in [2.75, 3.05) is 13.2 Å². The van der Waals surface area contributed by atoms with E-state index in [9.17, 15) is 9.59 Å². The monoisotopic (exact) mass is 464 g/mol. The second-order valence-electron chi connectivity index (χ2n) is 8.15. The molecule has 4 rings (SSSR count). The van der Waals surface area contributed by atoms with Crippen molar-refractivity contribution in [2.24, 2.45) is 0 Å². The molecule has 0 radical (unpaired) electrons. The zero-order valence-electron chi connectivity index (χ0n) is 18.6. The smallest absolute Gasteiger partial charge is 0.340 e. The molecule has 2 heterocycles. The second kappa shape index (κ2) is 9.55. The van der Waals surface area contributed by atoms with E-state index >= 15 is 0 Å². The van der Waals surface area contributed by atoms with Crippen molar-refractivity contribution in [1.82, 2.24) is 10.3 Å². The Morgan fingerprint density at radius 3 is 2.82 bits per heavy atom. The van der Waals surface area contributed by atoms with E-state index in [-0.39, 0.29) is 12.3 Å². The first kappa shape index (κ1) is 22.7. The number of aromatic nitrogens is 1. The van der Waals surface area contributed by atoms with Crippen LogP contribution in [0.1, 0.15) is 23.6 Å². The Bertz CT molecular complexity index is 1420. The predicted molar refractivity (Wildman–Crippen MR) is 131 cm³/mol. The second-order valence-corrected chi connectivity index (χ2v) is 8.56. The molecule has 6 nitrogen and oxygen atoms in total. The summed E-state index contributed by atoms with van der Waals surface area (Å²) in [6.45, 7) is 8.21. The summed E-state index contributed by atoms with van der Waals surface area (Å²) in [6, 6.07) is 11.3. The number of amides is 1. The van der Waals surface area contributed by atoms with E-state index in [0.29, 0.717) is 52.4 Å². The molecule has 0 bridgehead atoms. The number of ether oxygens (including phenoxy) is 1. The van der Waals surface area contributed by atoms with Gasteiger partial charge in [-0.15, -0.1) is 0 Å². The lowest BCUT2D eigenvalue weighted by Crippen LogP contribution is -2.29. The lowest BCUT2D eigenvalue weighted by molar-refractivity contribution is -0.120. The van der Waals surface area contributed by atoms with E-state index < -0.39 is 5.63 Å². The van der Waals surface area contributed by atoms with Gasteiger partial charge in [0.25, 0.3) is 0 Å². The predicted octanol–water partition coefficient (Wildman–Crippen LogP) is 5.09. The summed E-state index contributed by atoms with van der Waals surface area (Å²) in [6.07, 6.45) is 2.57. The van der Waals surface area contributed by atoms with Crippen LogP contribution >= 0.6 is 11.6 Å². The number of hydrogen-bond donors (Lipinski definition) is 2. The molecule has 0 saturated carbocycles. The highest BCUT2D eigenvalue weighted by atomic mass is 35.5. The number of para-hydroxylation sites is 1. The van der Waals surface area contributed by atoms with Crippen LogP contribution in [-0.2, 0) is 17.6 Å². The number of rotatable bonds is 8. The van der Waals surface area contributed by atoms with Crippen molar-refractivity contribution < 1.29 is 13.9 Å². The Kier molecular flexibility index (Phi) is 6.56. The van der Waals surface area contributed by atoms with E-state index in [0.717, 1.165) is 22.0 Å². The average molecular weight is 465 g/mol. The molecular formula is C26H25ClN2O4. The minimum atomic E-state index is -0.542. The molecule has 0 aliphatic heterocycles. The first-order valence-corrected chi connectivity index (χ1v) is 11.1. The van der Waals surface area contributed by atoms with Crippen LogP contribution in [-0.4, -0.2) is 24.0 Å². The minimum Gasteiger partial charge on any atom is -0.488 e. The Morgan fingerprint density at radius 1 is 1.24 bits per heavy atom. The Balaban J connectivity index is 1.47. The largest absolute Gasteiger partial charge is 0.488 e. The molecule has 1 amide bonds. The topological polar surface area (TPSA) is 84.3 Å². The average Bonchev–Trinajstić information content (AvgIpc) is 3.19. The van der Waals surface area contributed by atoms with E-state index in [1.54, 1.807) is 19.1 Å². The summed E-state index contributed by atoms with van der Waals surface area (Å²) in [5, 5.41) is 5.11. The Hall–Kier alpha value is -3.51. The number of aromatic amines is 1. The van der Waals surface area contributed by atoms with Crippen LogP contribution in [0.15, 0.2) is 64.0 Å². The number of benzene rings is 2. The molecule has 7 heteroatoms. The SMILES string of the molecule is C=C(C)COc1cc2oc(=O)c(CC(=O)NCCc3c[nH]c4ccccc34)c(C)c2cc1Cl. The van der Waals surface area contributed by atoms with Crippen LogP contribution in [0.3, 0.4) is 0 Å². The van der Waals surface area contributed by atoms with Crippen molar-refractivity contribution in [2.45, 2.75) is 26.7 Å². The van der Waals surface area contributed by atoms with E-state index in [2.05, 4.69) is 16.9 Å². The van der Waals surface area contributed by atoms with Crippen molar-refractivity contribution in [1.29, 1.82) is 0 Å². The summed E-state index contributed by atoms with van der Waals surface area (Å²) >= 11 is 6.36. The molecule has 4 aromatic rings. The normalized spacial score (nSPS) is 11.1. The summed E-state index contributed by atoms with van der Waals surface area (Å²) < 4.78 is 11.1. The standard InChI is InChI=1S/C26H25ClN2O4/c1-15(2)14-32-24-12-23-19(10-21(24)27)16(3)20(26(31)33-23)11-25(30)28-9-8-17-13-29-22-7-5-4-6-18(17)22/h4-7,10,12-13,29H,1,8-9,11,14H2,2-3H3,(H,28,30). The summed E-state index contributed by atoms with van der Waals surface area (Å²) in [7, 11) is 0. The van der Waals surface area contributed by atoms with Crippen molar-refractivity contribution in [3.63, 3.8) is 0 Å². The highest BCUT2D eigenvalue weighted by Gasteiger charge is 2.17. The fourth-order valence-corrected chi connectivity index (χ4v) is 4.02. The fraction of sp³-hybridized carbons (Fsp3) is 0.231. The highest BCUT2D eigenvalue weighted by Crippen LogP contribution is 2.32. The van der Waals surface area contributed by atoms with Crippen molar-refractivity contribution in [3.8, 4) is 5.75 Å². The molecule has 0 aliphatic carbocycles. The van der Waals surface area contributed by atoms with Gasteiger partial charge in [-0.1, -0.05) is 36.4 Å². The van der Waals surface area contributed by atoms with Gasteiger partial charge in [-0.05, 0) is 49.1 Å². The molecule has 2 aromatic carbocycles. The van der Waals surface area contributed by atoms with Crippen molar-refractivity contribution in [3.05, 3.63) is 86.9 Å². The third kappa shape index (κ3) is 4.96. The number of aryl methyl sites for hydroxylation is 1. The molecule has 2 N–H and O–H groups in total. The molecule has 0 aliphatic rings. The van der Waals surface area contributed by atoms with E-state index in [1.807, 2.05) is 37.4 Å².